The van der Waals surface area contributed by atoms with Crippen molar-refractivity contribution in [1.29, 1.82) is 0 Å². The number of nitrogens with two attached hydrogens (primary N) is 1. The van der Waals surface area contributed by atoms with E-state index in [0.717, 1.165) is 0 Å². The SMILES string of the molecule is Nc1nnnc2c1ncn2[C@]1(CO)O[C@H](CO)[C@@H](O)[C@H]1O. The Morgan fingerprint density at radius 1 is 1.33 bits per heavy atom. The second-order valence-corrected chi connectivity index (χ2v) is 4.74. The fourth-order valence-corrected chi connectivity index (χ4v) is 2.48. The van der Waals surface area contributed by atoms with Gasteiger partial charge in [-0.25, -0.2) is 4.98 Å². The number of aliphatic hydroxyl groups excluding tert-OH is 4. The Labute approximate surface area is 117 Å². The summed E-state index contributed by atoms with van der Waals surface area (Å²) in [5.74, 6) is 0.0265. The third-order valence-corrected chi connectivity index (χ3v) is 3.61. The van der Waals surface area contributed by atoms with Crippen LogP contribution in [0.3, 0.4) is 0 Å². The molecule has 1 saturated heterocycles. The molecule has 1 aliphatic rings. The van der Waals surface area contributed by atoms with Gasteiger partial charge < -0.3 is 30.9 Å². The zero-order valence-corrected chi connectivity index (χ0v) is 10.7. The molecule has 3 heterocycles. The zero-order valence-electron chi connectivity index (χ0n) is 10.7. The first-order chi connectivity index (χ1) is 10.0. The van der Waals surface area contributed by atoms with Crippen molar-refractivity contribution < 1.29 is 25.2 Å². The smallest absolute Gasteiger partial charge is 0.199 e. The molecule has 0 saturated carbocycles. The molecule has 1 aliphatic heterocycles. The molecular formula is C10H14N6O5. The number of nitrogens with zero attached hydrogens (tertiary/aromatic N) is 5. The lowest BCUT2D eigenvalue weighted by molar-refractivity contribution is -0.169. The minimum atomic E-state index is -1.75. The lowest BCUT2D eigenvalue weighted by Gasteiger charge is -2.31. The Morgan fingerprint density at radius 2 is 2.10 bits per heavy atom. The van der Waals surface area contributed by atoms with Gasteiger partial charge in [-0.2, -0.15) is 0 Å². The Balaban J connectivity index is 2.17. The number of fused-ring (bicyclic) bond motifs is 1. The van der Waals surface area contributed by atoms with Crippen LogP contribution >= 0.6 is 0 Å². The summed E-state index contributed by atoms with van der Waals surface area (Å²) in [6.07, 6.45) is -2.71. The molecule has 0 radical (unpaired) electrons. The van der Waals surface area contributed by atoms with Crippen LogP contribution in [-0.2, 0) is 10.5 Å². The molecule has 3 rings (SSSR count). The van der Waals surface area contributed by atoms with Gasteiger partial charge in [0.2, 0.25) is 0 Å². The number of anilines is 1. The fourth-order valence-electron chi connectivity index (χ4n) is 2.48. The van der Waals surface area contributed by atoms with Gasteiger partial charge in [0.15, 0.2) is 22.7 Å². The van der Waals surface area contributed by atoms with Gasteiger partial charge in [-0.05, 0) is 5.21 Å². The molecule has 0 aliphatic carbocycles. The standard InChI is InChI=1S/C10H14N6O5/c11-8-5-9(14-15-13-8)16(3-12-5)10(2-18)7(20)6(19)4(1-17)21-10/h3-4,6-7,17-20H,1-2H2,(H2,11,13,14)/t4-,6-,7-,10-/m1/s1. The van der Waals surface area contributed by atoms with Gasteiger partial charge in [0.1, 0.15) is 18.3 Å². The van der Waals surface area contributed by atoms with Gasteiger partial charge >= 0.3 is 0 Å². The lowest BCUT2D eigenvalue weighted by atomic mass is 10.0. The maximum Gasteiger partial charge on any atom is 0.199 e. The molecule has 0 bridgehead atoms. The van der Waals surface area contributed by atoms with Crippen molar-refractivity contribution in [2.24, 2.45) is 0 Å². The van der Waals surface area contributed by atoms with Gasteiger partial charge in [0.05, 0.1) is 19.5 Å². The van der Waals surface area contributed by atoms with Crippen molar-refractivity contribution >= 4 is 17.0 Å². The number of aliphatic hydroxyl groups is 4. The number of aromatic nitrogens is 5. The van der Waals surface area contributed by atoms with E-state index < -0.39 is 37.3 Å². The number of imidazole rings is 1. The minimum Gasteiger partial charge on any atom is -0.394 e. The van der Waals surface area contributed by atoms with Crippen molar-refractivity contribution in [2.75, 3.05) is 18.9 Å². The van der Waals surface area contributed by atoms with Crippen LogP contribution in [0, 0.1) is 0 Å². The van der Waals surface area contributed by atoms with Gasteiger partial charge in [0.25, 0.3) is 0 Å². The molecule has 2 aromatic heterocycles. The molecule has 21 heavy (non-hydrogen) atoms. The summed E-state index contributed by atoms with van der Waals surface area (Å²) in [5, 5.41) is 49.7. The molecule has 0 amide bonds. The van der Waals surface area contributed by atoms with E-state index in [1.165, 1.54) is 10.9 Å². The summed E-state index contributed by atoms with van der Waals surface area (Å²) >= 11 is 0. The highest BCUT2D eigenvalue weighted by molar-refractivity contribution is 5.80. The van der Waals surface area contributed by atoms with Crippen LogP contribution in [0.1, 0.15) is 0 Å². The van der Waals surface area contributed by atoms with Crippen LogP contribution < -0.4 is 5.73 Å². The molecule has 6 N–H and O–H groups in total. The van der Waals surface area contributed by atoms with Crippen LogP contribution in [0.4, 0.5) is 5.82 Å². The second-order valence-electron chi connectivity index (χ2n) is 4.74. The number of hydrogen-bond acceptors (Lipinski definition) is 10. The maximum absolute atomic E-state index is 10.2. The van der Waals surface area contributed by atoms with Crippen molar-refractivity contribution in [3.05, 3.63) is 6.33 Å². The quantitative estimate of drug-likeness (QED) is 0.383. The summed E-state index contributed by atoms with van der Waals surface area (Å²) in [7, 11) is 0. The third-order valence-electron chi connectivity index (χ3n) is 3.61. The average molecular weight is 298 g/mol. The predicted octanol–water partition coefficient (Wildman–Crippen LogP) is -3.44. The Hall–Kier alpha value is -1.92. The Bertz CT molecular complexity index is 664. The first-order valence-electron chi connectivity index (χ1n) is 6.13. The van der Waals surface area contributed by atoms with Gasteiger partial charge in [0, 0.05) is 0 Å². The van der Waals surface area contributed by atoms with E-state index in [1.54, 1.807) is 0 Å². The van der Waals surface area contributed by atoms with Crippen molar-refractivity contribution in [3.63, 3.8) is 0 Å². The normalized spacial score (nSPS) is 32.9. The van der Waals surface area contributed by atoms with Gasteiger partial charge in [-0.15, -0.1) is 10.2 Å². The summed E-state index contributed by atoms with van der Waals surface area (Å²) < 4.78 is 6.68. The monoisotopic (exact) mass is 298 g/mol. The molecule has 1 fully saturated rings. The molecule has 114 valence electrons. The van der Waals surface area contributed by atoms with Crippen LogP contribution in [0.5, 0.6) is 0 Å². The summed E-state index contributed by atoms with van der Waals surface area (Å²) in [4.78, 5) is 3.99. The topological polar surface area (TPSA) is 173 Å². The van der Waals surface area contributed by atoms with E-state index in [0.29, 0.717) is 0 Å². The minimum absolute atomic E-state index is 0.0265. The highest BCUT2D eigenvalue weighted by Crippen LogP contribution is 2.37. The highest BCUT2D eigenvalue weighted by atomic mass is 16.6. The number of nitrogen functional groups attached to an aromatic ring is 1. The molecule has 2 aromatic rings. The molecule has 11 heteroatoms. The largest absolute Gasteiger partial charge is 0.394 e. The molecule has 0 spiro atoms. The van der Waals surface area contributed by atoms with Crippen LogP contribution in [0.15, 0.2) is 6.33 Å². The predicted molar refractivity (Wildman–Crippen MR) is 66.6 cm³/mol. The molecule has 0 unspecified atom stereocenters. The lowest BCUT2D eigenvalue weighted by Crippen LogP contribution is -2.48. The van der Waals surface area contributed by atoms with E-state index in [9.17, 15) is 20.4 Å². The number of rotatable bonds is 3. The molecule has 11 nitrogen and oxygen atoms in total. The number of ether oxygens (including phenoxy) is 1. The number of hydrogen-bond donors (Lipinski definition) is 5. The first-order valence-corrected chi connectivity index (χ1v) is 6.13. The molecule has 4 atom stereocenters. The van der Waals surface area contributed by atoms with E-state index in [4.69, 9.17) is 10.5 Å². The van der Waals surface area contributed by atoms with Crippen molar-refractivity contribution in [1.82, 2.24) is 25.0 Å². The van der Waals surface area contributed by atoms with E-state index >= 15 is 0 Å². The summed E-state index contributed by atoms with van der Waals surface area (Å²) in [5.41, 5.74) is 4.22. The van der Waals surface area contributed by atoms with Crippen molar-refractivity contribution in [2.45, 2.75) is 24.0 Å². The third kappa shape index (κ3) is 1.79. The molecular weight excluding hydrogens is 284 g/mol. The van der Waals surface area contributed by atoms with Crippen LogP contribution in [0.25, 0.3) is 11.2 Å². The van der Waals surface area contributed by atoms with E-state index in [-0.39, 0.29) is 17.0 Å². The Morgan fingerprint density at radius 3 is 2.71 bits per heavy atom. The highest BCUT2D eigenvalue weighted by Gasteiger charge is 2.55. The summed E-state index contributed by atoms with van der Waals surface area (Å²) in [6.45, 7) is -1.21. The molecule has 0 aromatic carbocycles. The summed E-state index contributed by atoms with van der Waals surface area (Å²) in [6, 6.07) is 0. The average Bonchev–Trinajstić information content (AvgIpc) is 3.03. The first kappa shape index (κ1) is 14.0. The van der Waals surface area contributed by atoms with E-state index in [1.807, 2.05) is 0 Å². The van der Waals surface area contributed by atoms with Crippen LogP contribution in [0.2, 0.25) is 0 Å². The van der Waals surface area contributed by atoms with Gasteiger partial charge in [-0.1, -0.05) is 0 Å². The Kier molecular flexibility index (Phi) is 3.22. The maximum atomic E-state index is 10.2. The fraction of sp³-hybridized carbons (Fsp3) is 0.600. The van der Waals surface area contributed by atoms with Crippen LogP contribution in [-0.4, -0.2) is 76.9 Å². The zero-order chi connectivity index (χ0) is 15.2. The van der Waals surface area contributed by atoms with Crippen molar-refractivity contribution in [3.8, 4) is 0 Å². The van der Waals surface area contributed by atoms with Gasteiger partial charge in [-0.3, -0.25) is 4.57 Å². The van der Waals surface area contributed by atoms with E-state index in [2.05, 4.69) is 20.4 Å². The second kappa shape index (κ2) is 4.82.